The fourth-order valence-electron chi connectivity index (χ4n) is 10.5. The van der Waals surface area contributed by atoms with Crippen molar-refractivity contribution in [2.24, 2.45) is 5.92 Å². The Hall–Kier alpha value is -7.46. The van der Waals surface area contributed by atoms with Gasteiger partial charge in [0.25, 0.3) is 0 Å². The summed E-state index contributed by atoms with van der Waals surface area (Å²) in [4.78, 5) is 2.39. The van der Waals surface area contributed by atoms with E-state index < -0.39 is 0 Å². The van der Waals surface area contributed by atoms with Gasteiger partial charge in [-0.15, -0.1) is 0 Å². The van der Waals surface area contributed by atoms with Crippen LogP contribution in [0.1, 0.15) is 47.8 Å². The van der Waals surface area contributed by atoms with Crippen molar-refractivity contribution in [3.63, 3.8) is 0 Å². The highest BCUT2D eigenvalue weighted by molar-refractivity contribution is 6.28. The van der Waals surface area contributed by atoms with Gasteiger partial charge in [-0.1, -0.05) is 171 Å². The number of para-hydroxylation sites is 1. The topological polar surface area (TPSA) is 20.2 Å². The summed E-state index contributed by atoms with van der Waals surface area (Å²) in [6.45, 7) is 2.30. The first kappa shape index (κ1) is 37.3. The molecule has 0 amide bonds. The van der Waals surface area contributed by atoms with Crippen LogP contribution in [0.25, 0.3) is 76.9 Å². The quantitative estimate of drug-likeness (QED) is 0.181. The minimum atomic E-state index is -0.0324. The Labute approximate surface area is 368 Å². The van der Waals surface area contributed by atoms with Gasteiger partial charge in [-0.3, -0.25) is 5.32 Å². The van der Waals surface area contributed by atoms with E-state index in [0.717, 1.165) is 12.1 Å². The molecule has 63 heavy (non-hydrogen) atoms. The second kappa shape index (κ2) is 15.2. The van der Waals surface area contributed by atoms with Crippen molar-refractivity contribution in [3.8, 4) is 27.9 Å². The van der Waals surface area contributed by atoms with E-state index in [1.807, 2.05) is 0 Å². The van der Waals surface area contributed by atoms with Crippen molar-refractivity contribution >= 4 is 54.6 Å². The minimum absolute atomic E-state index is 0.0157. The first-order chi connectivity index (χ1) is 31.1. The number of benzene rings is 9. The van der Waals surface area contributed by atoms with Crippen LogP contribution in [-0.2, 0) is 0 Å². The van der Waals surface area contributed by atoms with Crippen LogP contribution < -0.4 is 10.2 Å². The summed E-state index contributed by atoms with van der Waals surface area (Å²) < 4.78 is 2.45. The lowest BCUT2D eigenvalue weighted by atomic mass is 9.87. The van der Waals surface area contributed by atoms with E-state index >= 15 is 0 Å². The summed E-state index contributed by atoms with van der Waals surface area (Å²) in [6.07, 6.45) is 7.82. The zero-order valence-corrected chi connectivity index (χ0v) is 35.5. The van der Waals surface area contributed by atoms with Gasteiger partial charge in [0.2, 0.25) is 0 Å². The Bertz CT molecular complexity index is 3330. The molecule has 0 bridgehead atoms. The van der Waals surface area contributed by atoms with Gasteiger partial charge in [0.15, 0.2) is 0 Å². The molecular weight excluding hydrogens is 763 g/mol. The van der Waals surface area contributed by atoms with Crippen LogP contribution in [0, 0.1) is 5.92 Å². The number of nitrogens with zero attached hydrogens (tertiary/aromatic N) is 2. The van der Waals surface area contributed by atoms with Gasteiger partial charge < -0.3 is 9.47 Å². The number of hydrogen-bond acceptors (Lipinski definition) is 2. The summed E-state index contributed by atoms with van der Waals surface area (Å²) in [5, 5.41) is 11.8. The fraction of sp³-hybridized carbons (Fsp3) is 0.100. The molecule has 1 N–H and O–H groups in total. The Morgan fingerprint density at radius 3 is 1.75 bits per heavy atom. The summed E-state index contributed by atoms with van der Waals surface area (Å²) >= 11 is 0. The third kappa shape index (κ3) is 6.39. The number of fused-ring (bicyclic) bond motifs is 8. The van der Waals surface area contributed by atoms with E-state index in [4.69, 9.17) is 0 Å². The van der Waals surface area contributed by atoms with Crippen LogP contribution in [0.2, 0.25) is 0 Å². The highest BCUT2D eigenvalue weighted by atomic mass is 15.3. The maximum absolute atomic E-state index is 4.10. The van der Waals surface area contributed by atoms with Crippen LogP contribution >= 0.6 is 0 Å². The monoisotopic (exact) mass is 809 g/mol. The van der Waals surface area contributed by atoms with Crippen LogP contribution in [0.5, 0.6) is 0 Å². The molecule has 12 rings (SSSR count). The van der Waals surface area contributed by atoms with E-state index in [0.29, 0.717) is 5.92 Å². The Kier molecular flexibility index (Phi) is 8.98. The van der Waals surface area contributed by atoms with Crippen molar-refractivity contribution in [1.29, 1.82) is 0 Å². The summed E-state index contributed by atoms with van der Waals surface area (Å²) in [5.41, 5.74) is 16.2. The van der Waals surface area contributed by atoms with E-state index in [1.54, 1.807) is 0 Å². The van der Waals surface area contributed by atoms with Crippen molar-refractivity contribution in [2.75, 3.05) is 11.9 Å². The molecule has 2 heterocycles. The van der Waals surface area contributed by atoms with Crippen LogP contribution in [0.3, 0.4) is 0 Å². The Morgan fingerprint density at radius 2 is 1.08 bits per heavy atom. The molecule has 3 atom stereocenters. The summed E-state index contributed by atoms with van der Waals surface area (Å²) in [7, 11) is 2.21. The van der Waals surface area contributed by atoms with Gasteiger partial charge in [-0.2, -0.15) is 0 Å². The van der Waals surface area contributed by atoms with Crippen LogP contribution in [0.4, 0.5) is 5.69 Å². The maximum Gasteiger partial charge on any atom is 0.106 e. The number of aromatic nitrogens is 1. The molecule has 0 saturated heterocycles. The predicted octanol–water partition coefficient (Wildman–Crippen LogP) is 15.2. The van der Waals surface area contributed by atoms with E-state index in [-0.39, 0.29) is 12.2 Å². The number of hydrogen-bond donors (Lipinski definition) is 1. The molecular formula is C60H47N3. The van der Waals surface area contributed by atoms with Crippen LogP contribution in [-0.4, -0.2) is 11.6 Å². The van der Waals surface area contributed by atoms with Gasteiger partial charge in [0.05, 0.1) is 17.1 Å². The number of anilines is 1. The predicted molar refractivity (Wildman–Crippen MR) is 267 cm³/mol. The zero-order valence-electron chi connectivity index (χ0n) is 35.5. The fourth-order valence-corrected chi connectivity index (χ4v) is 10.5. The highest BCUT2D eigenvalue weighted by Crippen LogP contribution is 2.43. The molecule has 3 unspecified atom stereocenters. The lowest BCUT2D eigenvalue weighted by Gasteiger charge is -2.41. The molecule has 9 aromatic carbocycles. The second-order valence-corrected chi connectivity index (χ2v) is 17.5. The zero-order chi connectivity index (χ0) is 42.0. The van der Waals surface area contributed by atoms with Gasteiger partial charge in [0, 0.05) is 29.2 Å². The Balaban J connectivity index is 0.906. The summed E-state index contributed by atoms with van der Waals surface area (Å²) in [6, 6.07) is 71.9. The molecule has 3 heteroatoms. The lowest BCUT2D eigenvalue weighted by Crippen LogP contribution is -2.43. The van der Waals surface area contributed by atoms with Crippen LogP contribution in [0.15, 0.2) is 212 Å². The third-order valence-corrected chi connectivity index (χ3v) is 13.6. The molecule has 1 aliphatic carbocycles. The highest BCUT2D eigenvalue weighted by Gasteiger charge is 2.32. The number of allylic oxidation sites excluding steroid dienone is 4. The van der Waals surface area contributed by atoms with E-state index in [1.165, 1.54) is 99.1 Å². The van der Waals surface area contributed by atoms with Gasteiger partial charge >= 0.3 is 0 Å². The van der Waals surface area contributed by atoms with E-state index in [2.05, 4.69) is 241 Å². The molecule has 1 aromatic heterocycles. The SMILES string of the molecule is CC1C=CC=C(c2cc(-c3ccccc3)cc(-c3ccc(C4NC(c5ccc(-n6c7ccc8ccccc8c7c7c8ccccc8ccc76)cc5)N(C)c5ccccc54)cc3)c2)C1. The maximum atomic E-state index is 4.10. The Morgan fingerprint density at radius 1 is 0.508 bits per heavy atom. The molecule has 10 aromatic rings. The average molecular weight is 810 g/mol. The molecule has 1 aliphatic heterocycles. The number of rotatable bonds is 6. The standard InChI is InChI=1S/C60H47N3/c1-39-13-12-18-46(35-39)49-37-47(40-14-4-3-5-15-40)36-48(38-49)41-23-25-44(26-24-41)59-53-21-10-11-22-54(53)62(2)60(61-59)45-27-31-50(32-28-45)63-55-33-29-42-16-6-8-19-51(42)57(55)58-52-20-9-7-17-43(52)30-34-56(58)63/h3-34,36-39,59-61H,35H2,1-2H3. The molecule has 302 valence electrons. The third-order valence-electron chi connectivity index (χ3n) is 13.6. The second-order valence-electron chi connectivity index (χ2n) is 17.5. The van der Waals surface area contributed by atoms with E-state index in [9.17, 15) is 0 Å². The van der Waals surface area contributed by atoms with Crippen molar-refractivity contribution < 1.29 is 0 Å². The minimum Gasteiger partial charge on any atom is -0.355 e. The molecule has 0 saturated carbocycles. The molecule has 2 aliphatic rings. The first-order valence-electron chi connectivity index (χ1n) is 22.3. The molecule has 0 spiro atoms. The van der Waals surface area contributed by atoms with Gasteiger partial charge in [0.1, 0.15) is 6.17 Å². The average Bonchev–Trinajstić information content (AvgIpc) is 3.70. The van der Waals surface area contributed by atoms with Crippen molar-refractivity contribution in [2.45, 2.75) is 25.6 Å². The van der Waals surface area contributed by atoms with Crippen molar-refractivity contribution in [1.82, 2.24) is 9.88 Å². The van der Waals surface area contributed by atoms with Gasteiger partial charge in [-0.25, -0.2) is 0 Å². The smallest absolute Gasteiger partial charge is 0.106 e. The molecule has 0 radical (unpaired) electrons. The van der Waals surface area contributed by atoms with Crippen molar-refractivity contribution in [3.05, 3.63) is 235 Å². The number of nitrogens with one attached hydrogen (secondary N) is 1. The molecule has 0 fully saturated rings. The molecule has 3 nitrogen and oxygen atoms in total. The summed E-state index contributed by atoms with van der Waals surface area (Å²) in [5.74, 6) is 0.530. The van der Waals surface area contributed by atoms with Gasteiger partial charge in [-0.05, 0) is 132 Å². The lowest BCUT2D eigenvalue weighted by molar-refractivity contribution is 0.454. The normalized spacial score (nSPS) is 17.4. The first-order valence-corrected chi connectivity index (χ1v) is 22.3. The largest absolute Gasteiger partial charge is 0.355 e.